The third-order valence-electron chi connectivity index (χ3n) is 3.26. The van der Waals surface area contributed by atoms with Crippen LogP contribution in [0.15, 0.2) is 53.6 Å². The molecule has 0 saturated heterocycles. The Morgan fingerprint density at radius 1 is 1.00 bits per heavy atom. The Hall–Kier alpha value is -2.34. The topological polar surface area (TPSA) is 87.5 Å². The van der Waals surface area contributed by atoms with E-state index in [2.05, 4.69) is 56.1 Å². The first-order chi connectivity index (χ1) is 11.7. The lowest BCUT2D eigenvalue weighted by Gasteiger charge is -2.19. The van der Waals surface area contributed by atoms with Gasteiger partial charge in [0.25, 0.3) is 0 Å². The summed E-state index contributed by atoms with van der Waals surface area (Å²) in [5.74, 6) is -2.57. The Bertz CT molecular complexity index is 667. The molecule has 2 rings (SSSR count). The first-order valence-corrected chi connectivity index (χ1v) is 8.78. The number of aliphatic carboxylic acids is 2. The molecule has 5 nitrogen and oxygen atoms in total. The van der Waals surface area contributed by atoms with Crippen LogP contribution in [0.2, 0.25) is 0 Å². The maximum atomic E-state index is 9.10. The largest absolute Gasteiger partial charge is 0.473 e. The van der Waals surface area contributed by atoms with Gasteiger partial charge in [-0.1, -0.05) is 39.0 Å². The van der Waals surface area contributed by atoms with Crippen LogP contribution in [0.1, 0.15) is 32.0 Å². The standard InChI is InChI=1S/C17H21NS.C2H2O4/c1-17(2,3)14-7-9-16(10-8-14)19-13-11-15-6-4-5-12-18-15;3-1(4)2(5)6/h4-10,12H,11,13H2,1-3H3;(H,3,4)(H,5,6). The van der Waals surface area contributed by atoms with Crippen molar-refractivity contribution in [2.75, 3.05) is 5.75 Å². The maximum Gasteiger partial charge on any atom is 0.414 e. The molecule has 0 atom stereocenters. The molecular weight excluding hydrogens is 338 g/mol. The molecule has 0 unspecified atom stereocenters. The van der Waals surface area contributed by atoms with Gasteiger partial charge in [-0.25, -0.2) is 9.59 Å². The van der Waals surface area contributed by atoms with Gasteiger partial charge >= 0.3 is 11.9 Å². The minimum absolute atomic E-state index is 0.233. The van der Waals surface area contributed by atoms with Gasteiger partial charge in [0, 0.05) is 22.5 Å². The first kappa shape index (κ1) is 20.7. The number of aromatic nitrogens is 1. The van der Waals surface area contributed by atoms with Crippen molar-refractivity contribution < 1.29 is 19.8 Å². The lowest BCUT2D eigenvalue weighted by Crippen LogP contribution is -2.10. The van der Waals surface area contributed by atoms with Gasteiger partial charge in [0.2, 0.25) is 0 Å². The summed E-state index contributed by atoms with van der Waals surface area (Å²) in [4.78, 5) is 23.9. The molecule has 0 spiro atoms. The average Bonchev–Trinajstić information content (AvgIpc) is 2.56. The number of nitrogens with zero attached hydrogens (tertiary/aromatic N) is 1. The van der Waals surface area contributed by atoms with E-state index in [0.29, 0.717) is 0 Å². The normalized spacial score (nSPS) is 10.5. The molecule has 0 aliphatic rings. The van der Waals surface area contributed by atoms with Crippen LogP contribution in [0.5, 0.6) is 0 Å². The SMILES string of the molecule is CC(C)(C)c1ccc(SCCc2ccccn2)cc1.O=C(O)C(=O)O. The summed E-state index contributed by atoms with van der Waals surface area (Å²) >= 11 is 1.89. The van der Waals surface area contributed by atoms with Gasteiger partial charge in [-0.05, 0) is 41.7 Å². The third-order valence-corrected chi connectivity index (χ3v) is 4.27. The van der Waals surface area contributed by atoms with E-state index in [1.54, 1.807) is 0 Å². The Morgan fingerprint density at radius 2 is 1.60 bits per heavy atom. The molecular formula is C19H23NO4S. The smallest absolute Gasteiger partial charge is 0.414 e. The molecule has 2 N–H and O–H groups in total. The molecule has 0 saturated carbocycles. The summed E-state index contributed by atoms with van der Waals surface area (Å²) in [5, 5.41) is 14.8. The fraction of sp³-hybridized carbons (Fsp3) is 0.316. The quantitative estimate of drug-likeness (QED) is 0.635. The Morgan fingerprint density at radius 3 is 2.04 bits per heavy atom. The van der Waals surface area contributed by atoms with Gasteiger partial charge in [-0.15, -0.1) is 11.8 Å². The summed E-state index contributed by atoms with van der Waals surface area (Å²) in [5.41, 5.74) is 2.79. The summed E-state index contributed by atoms with van der Waals surface area (Å²) in [6.45, 7) is 6.74. The number of benzene rings is 1. The molecule has 1 aromatic heterocycles. The molecule has 0 aliphatic carbocycles. The van der Waals surface area contributed by atoms with Gasteiger partial charge in [0.15, 0.2) is 0 Å². The maximum absolute atomic E-state index is 9.10. The van der Waals surface area contributed by atoms with Crippen molar-refractivity contribution in [2.45, 2.75) is 37.5 Å². The summed E-state index contributed by atoms with van der Waals surface area (Å²) in [7, 11) is 0. The van der Waals surface area contributed by atoms with Crippen molar-refractivity contribution in [1.82, 2.24) is 4.98 Å². The second kappa shape index (κ2) is 9.84. The number of thioether (sulfide) groups is 1. The van der Waals surface area contributed by atoms with Gasteiger partial charge in [-0.3, -0.25) is 4.98 Å². The van der Waals surface area contributed by atoms with Crippen LogP contribution in [0.3, 0.4) is 0 Å². The minimum atomic E-state index is -1.82. The van der Waals surface area contributed by atoms with E-state index < -0.39 is 11.9 Å². The molecule has 1 aromatic carbocycles. The fourth-order valence-electron chi connectivity index (χ4n) is 1.87. The molecule has 6 heteroatoms. The zero-order valence-corrected chi connectivity index (χ0v) is 15.4. The molecule has 0 aliphatic heterocycles. The van der Waals surface area contributed by atoms with E-state index in [4.69, 9.17) is 19.8 Å². The highest BCUT2D eigenvalue weighted by molar-refractivity contribution is 7.99. The van der Waals surface area contributed by atoms with Gasteiger partial charge in [0.05, 0.1) is 0 Å². The third kappa shape index (κ3) is 8.35. The lowest BCUT2D eigenvalue weighted by atomic mass is 9.87. The van der Waals surface area contributed by atoms with Gasteiger partial charge in [-0.2, -0.15) is 0 Å². The summed E-state index contributed by atoms with van der Waals surface area (Å²) < 4.78 is 0. The number of rotatable bonds is 4. The lowest BCUT2D eigenvalue weighted by molar-refractivity contribution is -0.159. The van der Waals surface area contributed by atoms with E-state index in [1.165, 1.54) is 16.2 Å². The molecule has 0 radical (unpaired) electrons. The molecule has 0 bridgehead atoms. The Kier molecular flexibility index (Phi) is 8.15. The number of carbonyl (C=O) groups is 2. The van der Waals surface area contributed by atoms with Crippen molar-refractivity contribution in [3.05, 3.63) is 59.9 Å². The number of hydrogen-bond acceptors (Lipinski definition) is 4. The Labute approximate surface area is 152 Å². The fourth-order valence-corrected chi connectivity index (χ4v) is 2.75. The number of pyridine rings is 1. The number of hydrogen-bond donors (Lipinski definition) is 2. The number of carboxylic acid groups (broad SMARTS) is 2. The van der Waals surface area contributed by atoms with Crippen LogP contribution in [-0.2, 0) is 21.4 Å². The molecule has 0 amide bonds. The zero-order chi connectivity index (χ0) is 18.9. The predicted molar refractivity (Wildman–Crippen MR) is 99.1 cm³/mol. The molecule has 25 heavy (non-hydrogen) atoms. The predicted octanol–water partition coefficient (Wildman–Crippen LogP) is 3.87. The number of aryl methyl sites for hydroxylation is 1. The summed E-state index contributed by atoms with van der Waals surface area (Å²) in [6.07, 6.45) is 2.88. The Balaban J connectivity index is 0.000000450. The van der Waals surface area contributed by atoms with E-state index >= 15 is 0 Å². The van der Waals surface area contributed by atoms with Crippen molar-refractivity contribution >= 4 is 23.7 Å². The highest BCUT2D eigenvalue weighted by atomic mass is 32.2. The van der Waals surface area contributed by atoms with Crippen LogP contribution >= 0.6 is 11.8 Å². The van der Waals surface area contributed by atoms with Crippen molar-refractivity contribution in [3.8, 4) is 0 Å². The van der Waals surface area contributed by atoms with Crippen LogP contribution in [0, 0.1) is 0 Å². The molecule has 2 aromatic rings. The molecule has 134 valence electrons. The highest BCUT2D eigenvalue weighted by Crippen LogP contribution is 2.25. The van der Waals surface area contributed by atoms with E-state index in [-0.39, 0.29) is 5.41 Å². The monoisotopic (exact) mass is 361 g/mol. The van der Waals surface area contributed by atoms with Crippen LogP contribution in [0.25, 0.3) is 0 Å². The van der Waals surface area contributed by atoms with Crippen LogP contribution in [-0.4, -0.2) is 32.9 Å². The van der Waals surface area contributed by atoms with Crippen LogP contribution < -0.4 is 0 Å². The molecule has 0 fully saturated rings. The van der Waals surface area contributed by atoms with E-state index in [0.717, 1.165) is 12.2 Å². The minimum Gasteiger partial charge on any atom is -0.473 e. The average molecular weight is 361 g/mol. The highest BCUT2D eigenvalue weighted by Gasteiger charge is 2.12. The van der Waals surface area contributed by atoms with E-state index in [9.17, 15) is 0 Å². The van der Waals surface area contributed by atoms with Crippen LogP contribution in [0.4, 0.5) is 0 Å². The summed E-state index contributed by atoms with van der Waals surface area (Å²) in [6, 6.07) is 15.0. The zero-order valence-electron chi connectivity index (χ0n) is 14.6. The first-order valence-electron chi connectivity index (χ1n) is 7.79. The second-order valence-electron chi connectivity index (χ2n) is 6.30. The van der Waals surface area contributed by atoms with Crippen molar-refractivity contribution in [1.29, 1.82) is 0 Å². The van der Waals surface area contributed by atoms with Crippen molar-refractivity contribution in [2.24, 2.45) is 0 Å². The van der Waals surface area contributed by atoms with Crippen molar-refractivity contribution in [3.63, 3.8) is 0 Å². The van der Waals surface area contributed by atoms with E-state index in [1.807, 2.05) is 30.1 Å². The van der Waals surface area contributed by atoms with Gasteiger partial charge in [0.1, 0.15) is 0 Å². The number of carboxylic acids is 2. The van der Waals surface area contributed by atoms with Gasteiger partial charge < -0.3 is 10.2 Å². The molecule has 1 heterocycles. The second-order valence-corrected chi connectivity index (χ2v) is 7.47.